The highest BCUT2D eigenvalue weighted by molar-refractivity contribution is 6.36. The van der Waals surface area contributed by atoms with Crippen LogP contribution in [-0.4, -0.2) is 76.3 Å². The monoisotopic (exact) mass is 535 g/mol. The number of benzene rings is 2. The average Bonchev–Trinajstić information content (AvgIpc) is 2.90. The Bertz CT molecular complexity index is 1240. The Labute approximate surface area is 227 Å². The van der Waals surface area contributed by atoms with Crippen molar-refractivity contribution in [2.45, 2.75) is 52.3 Å². The van der Waals surface area contributed by atoms with E-state index in [1.54, 1.807) is 74.5 Å². The maximum atomic E-state index is 14.1. The smallest absolute Gasteiger partial charge is 0.377 e. The molecule has 0 aromatic heterocycles. The summed E-state index contributed by atoms with van der Waals surface area (Å²) in [6, 6.07) is 15.0. The summed E-state index contributed by atoms with van der Waals surface area (Å²) in [6.45, 7) is 5.58. The zero-order valence-electron chi connectivity index (χ0n) is 22.7. The number of carbonyl (C=O) groups is 5. The first-order valence-corrected chi connectivity index (χ1v) is 12.5. The van der Waals surface area contributed by atoms with Crippen molar-refractivity contribution in [3.05, 3.63) is 78.0 Å². The molecule has 2 aromatic rings. The topological polar surface area (TPSA) is 114 Å². The molecule has 0 radical (unpaired) electrons. The molecule has 3 amide bonds. The third-order valence-electron chi connectivity index (χ3n) is 6.03. The third kappa shape index (κ3) is 6.77. The van der Waals surface area contributed by atoms with E-state index in [1.165, 1.54) is 32.1 Å². The van der Waals surface area contributed by atoms with Crippen LogP contribution < -0.4 is 0 Å². The number of hydrazine groups is 1. The predicted octanol–water partition coefficient (Wildman–Crippen LogP) is 2.59. The van der Waals surface area contributed by atoms with E-state index in [1.807, 2.05) is 0 Å². The van der Waals surface area contributed by atoms with Gasteiger partial charge in [-0.05, 0) is 19.4 Å². The molecule has 1 aliphatic rings. The Morgan fingerprint density at radius 1 is 0.949 bits per heavy atom. The van der Waals surface area contributed by atoms with Crippen molar-refractivity contribution in [2.75, 3.05) is 13.7 Å². The summed E-state index contributed by atoms with van der Waals surface area (Å²) in [7, 11) is 1.39. The number of carbonyl (C=O) groups excluding carboxylic acids is 5. The van der Waals surface area contributed by atoms with Crippen LogP contribution in [0, 0.1) is 0 Å². The first-order chi connectivity index (χ1) is 18.6. The van der Waals surface area contributed by atoms with Crippen LogP contribution in [0.15, 0.2) is 66.9 Å². The molecular formula is C29H33N3O7. The van der Waals surface area contributed by atoms with Crippen LogP contribution in [0.3, 0.4) is 0 Å². The number of ether oxygens (including phenoxy) is 2. The molecule has 0 N–H and O–H groups in total. The van der Waals surface area contributed by atoms with E-state index in [4.69, 9.17) is 9.47 Å². The molecule has 0 saturated heterocycles. The number of ketones is 1. The zero-order valence-corrected chi connectivity index (χ0v) is 22.7. The number of amides is 3. The van der Waals surface area contributed by atoms with Crippen molar-refractivity contribution in [3.8, 4) is 0 Å². The number of hydrogen-bond acceptors (Lipinski definition) is 7. The Morgan fingerprint density at radius 3 is 2.05 bits per heavy atom. The van der Waals surface area contributed by atoms with Crippen LogP contribution in [0.25, 0.3) is 5.70 Å². The van der Waals surface area contributed by atoms with E-state index >= 15 is 0 Å². The molecule has 1 heterocycles. The fourth-order valence-corrected chi connectivity index (χ4v) is 4.34. The number of nitrogens with zero attached hydrogens (tertiary/aromatic N) is 3. The van der Waals surface area contributed by atoms with Crippen LogP contribution in [0.4, 0.5) is 0 Å². The van der Waals surface area contributed by atoms with Gasteiger partial charge in [-0.25, -0.2) is 14.8 Å². The fraction of sp³-hybridized carbons (Fsp3) is 0.345. The average molecular weight is 536 g/mol. The second kappa shape index (κ2) is 13.0. The van der Waals surface area contributed by atoms with Gasteiger partial charge in [-0.1, -0.05) is 60.7 Å². The standard InChI is InChI=1S/C29H33N3O7/c1-19(2)39-29(37)27(35)24(16-22-12-8-6-9-13-22)31(21(4)34)32-25(23-14-10-7-11-15-23)17-30(20(3)33)26(18-38-5)28(32)36/h6-15,17,19,24,26H,16,18H2,1-5H3/t24-,26?/m0/s1. The van der Waals surface area contributed by atoms with Gasteiger partial charge in [-0.3, -0.25) is 19.2 Å². The summed E-state index contributed by atoms with van der Waals surface area (Å²) >= 11 is 0. The van der Waals surface area contributed by atoms with Crippen molar-refractivity contribution in [1.82, 2.24) is 14.9 Å². The molecule has 0 aliphatic carbocycles. The lowest BCUT2D eigenvalue weighted by Crippen LogP contribution is -2.63. The molecule has 10 nitrogen and oxygen atoms in total. The Morgan fingerprint density at radius 2 is 1.54 bits per heavy atom. The normalized spacial score (nSPS) is 16.0. The minimum atomic E-state index is -1.42. The van der Waals surface area contributed by atoms with Crippen molar-refractivity contribution in [2.24, 2.45) is 0 Å². The van der Waals surface area contributed by atoms with Crippen LogP contribution in [-0.2, 0) is 39.9 Å². The van der Waals surface area contributed by atoms with E-state index < -0.39 is 47.7 Å². The van der Waals surface area contributed by atoms with Gasteiger partial charge >= 0.3 is 5.97 Å². The molecule has 0 bridgehead atoms. The lowest BCUT2D eigenvalue weighted by molar-refractivity contribution is -0.172. The van der Waals surface area contributed by atoms with Crippen molar-refractivity contribution >= 4 is 35.2 Å². The van der Waals surface area contributed by atoms with E-state index in [0.717, 1.165) is 10.0 Å². The molecule has 3 rings (SSSR count). The van der Waals surface area contributed by atoms with E-state index in [9.17, 15) is 24.0 Å². The SMILES string of the molecule is COCC1C(=O)N(N(C(C)=O)[C@@H](Cc2ccccc2)C(=O)C(=O)OC(C)C)C(c2ccccc2)=CN1C(C)=O. The lowest BCUT2D eigenvalue weighted by atomic mass is 10.0. The highest BCUT2D eigenvalue weighted by Gasteiger charge is 2.46. The van der Waals surface area contributed by atoms with Gasteiger partial charge in [-0.15, -0.1) is 0 Å². The molecular weight excluding hydrogens is 502 g/mol. The molecule has 1 aliphatic heterocycles. The van der Waals surface area contributed by atoms with Crippen molar-refractivity contribution in [3.63, 3.8) is 0 Å². The Kier molecular flexibility index (Phi) is 9.73. The molecule has 0 fully saturated rings. The third-order valence-corrected chi connectivity index (χ3v) is 6.03. The molecule has 2 aromatic carbocycles. The number of hydrogen-bond donors (Lipinski definition) is 0. The molecule has 0 spiro atoms. The molecule has 1 unspecified atom stereocenters. The number of rotatable bonds is 10. The summed E-state index contributed by atoms with van der Waals surface area (Å²) in [4.78, 5) is 67.6. The minimum Gasteiger partial charge on any atom is -0.457 e. The molecule has 10 heteroatoms. The fourth-order valence-electron chi connectivity index (χ4n) is 4.34. The van der Waals surface area contributed by atoms with Gasteiger partial charge in [0, 0.05) is 39.1 Å². The van der Waals surface area contributed by atoms with Crippen LogP contribution in [0.1, 0.15) is 38.8 Å². The largest absolute Gasteiger partial charge is 0.457 e. The van der Waals surface area contributed by atoms with E-state index in [2.05, 4.69) is 0 Å². The van der Waals surface area contributed by atoms with Gasteiger partial charge in [0.25, 0.3) is 11.7 Å². The maximum Gasteiger partial charge on any atom is 0.377 e. The van der Waals surface area contributed by atoms with E-state index in [0.29, 0.717) is 11.1 Å². The number of esters is 1. The second-order valence-corrected chi connectivity index (χ2v) is 9.32. The van der Waals surface area contributed by atoms with Gasteiger partial charge in [0.15, 0.2) is 0 Å². The maximum absolute atomic E-state index is 14.1. The summed E-state index contributed by atoms with van der Waals surface area (Å²) in [5, 5.41) is 2.06. The first kappa shape index (κ1) is 29.2. The van der Waals surface area contributed by atoms with Gasteiger partial charge in [-0.2, -0.15) is 0 Å². The Balaban J connectivity index is 2.23. The zero-order chi connectivity index (χ0) is 28.7. The number of methoxy groups -OCH3 is 1. The second-order valence-electron chi connectivity index (χ2n) is 9.32. The molecule has 2 atom stereocenters. The van der Waals surface area contributed by atoms with Gasteiger partial charge in [0.05, 0.1) is 18.4 Å². The molecule has 39 heavy (non-hydrogen) atoms. The van der Waals surface area contributed by atoms with Gasteiger partial charge in [0.2, 0.25) is 11.8 Å². The van der Waals surface area contributed by atoms with Crippen molar-refractivity contribution in [1.29, 1.82) is 0 Å². The predicted molar refractivity (Wildman–Crippen MR) is 142 cm³/mol. The van der Waals surface area contributed by atoms with Crippen LogP contribution >= 0.6 is 0 Å². The quantitative estimate of drug-likeness (QED) is 0.339. The van der Waals surface area contributed by atoms with Crippen LogP contribution in [0.2, 0.25) is 0 Å². The summed E-state index contributed by atoms with van der Waals surface area (Å²) < 4.78 is 10.4. The highest BCUT2D eigenvalue weighted by atomic mass is 16.5. The highest BCUT2D eigenvalue weighted by Crippen LogP contribution is 2.31. The lowest BCUT2D eigenvalue weighted by Gasteiger charge is -2.45. The minimum absolute atomic E-state index is 0.0658. The van der Waals surface area contributed by atoms with Gasteiger partial charge < -0.3 is 14.4 Å². The van der Waals surface area contributed by atoms with Crippen LogP contribution in [0.5, 0.6) is 0 Å². The molecule has 206 valence electrons. The summed E-state index contributed by atoms with van der Waals surface area (Å²) in [5.41, 5.74) is 1.35. The number of Topliss-reactive ketones (excluding diaryl/α,β-unsaturated/α-hetero) is 1. The van der Waals surface area contributed by atoms with Gasteiger partial charge in [0.1, 0.15) is 12.1 Å². The molecule has 0 saturated carbocycles. The van der Waals surface area contributed by atoms with Crippen molar-refractivity contribution < 1.29 is 33.4 Å². The Hall–Kier alpha value is -4.31. The summed E-state index contributed by atoms with van der Waals surface area (Å²) in [5.74, 6) is -3.85. The summed E-state index contributed by atoms with van der Waals surface area (Å²) in [6.07, 6.45) is 0.815. The van der Waals surface area contributed by atoms with E-state index in [-0.39, 0.29) is 18.7 Å². The first-order valence-electron chi connectivity index (χ1n) is 12.5.